The molecule has 0 aromatic carbocycles. The molecule has 0 saturated carbocycles. The second-order valence-corrected chi connectivity index (χ2v) is 4.98. The quantitative estimate of drug-likeness (QED) is 0.452. The largest absolute Gasteiger partial charge is 0.287 e. The van der Waals surface area contributed by atoms with Crippen LogP contribution in [0.2, 0.25) is 0 Å². The topological polar surface area (TPSA) is 17.1 Å². The predicted octanol–water partition coefficient (Wildman–Crippen LogP) is 3.60. The second-order valence-electron chi connectivity index (χ2n) is 2.32. The molecule has 1 atom stereocenters. The first kappa shape index (κ1) is 9.58. The molecule has 0 aliphatic rings. The van der Waals surface area contributed by atoms with Gasteiger partial charge >= 0.3 is 0 Å². The van der Waals surface area contributed by atoms with Gasteiger partial charge in [-0.3, -0.25) is 4.57 Å². The maximum Gasteiger partial charge on any atom is 0.287 e. The Morgan fingerprint density at radius 3 is 2.60 bits per heavy atom. The van der Waals surface area contributed by atoms with Gasteiger partial charge in [-0.15, -0.1) is 0 Å². The van der Waals surface area contributed by atoms with Crippen LogP contribution in [0.15, 0.2) is 23.8 Å². The zero-order valence-corrected chi connectivity index (χ0v) is 7.53. The SMILES string of the molecule is C=C(C)P([CH2+])(=O)/C=C\CC. The lowest BCUT2D eigenvalue weighted by atomic mass is 10.5. The molecule has 0 N–H and O–H groups in total. The van der Waals surface area contributed by atoms with Gasteiger partial charge in [0, 0.05) is 11.1 Å². The van der Waals surface area contributed by atoms with Crippen LogP contribution in [0.1, 0.15) is 20.3 Å². The third-order valence-corrected chi connectivity index (χ3v) is 3.21. The molecule has 56 valence electrons. The van der Waals surface area contributed by atoms with Crippen molar-refractivity contribution in [2.24, 2.45) is 0 Å². The Balaban J connectivity index is 4.28. The summed E-state index contributed by atoms with van der Waals surface area (Å²) in [5, 5.41) is 0.664. The fraction of sp³-hybridized carbons (Fsp3) is 0.375. The average Bonchev–Trinajstić information content (AvgIpc) is 1.84. The average molecular weight is 157 g/mol. The Morgan fingerprint density at radius 1 is 1.80 bits per heavy atom. The molecule has 2 heteroatoms. The van der Waals surface area contributed by atoms with Crippen molar-refractivity contribution in [3.63, 3.8) is 0 Å². The van der Waals surface area contributed by atoms with E-state index >= 15 is 0 Å². The zero-order valence-electron chi connectivity index (χ0n) is 6.63. The maximum atomic E-state index is 11.4. The highest BCUT2D eigenvalue weighted by molar-refractivity contribution is 7.72. The van der Waals surface area contributed by atoms with Gasteiger partial charge < -0.3 is 0 Å². The van der Waals surface area contributed by atoms with E-state index in [2.05, 4.69) is 13.2 Å². The van der Waals surface area contributed by atoms with Crippen LogP contribution in [-0.2, 0) is 4.57 Å². The van der Waals surface area contributed by atoms with E-state index in [1.807, 2.05) is 13.0 Å². The fourth-order valence-corrected chi connectivity index (χ4v) is 1.21. The molecule has 0 spiro atoms. The molecule has 0 heterocycles. The van der Waals surface area contributed by atoms with E-state index in [4.69, 9.17) is 0 Å². The first-order chi connectivity index (χ1) is 4.50. The van der Waals surface area contributed by atoms with Crippen LogP contribution in [0.4, 0.5) is 0 Å². The van der Waals surface area contributed by atoms with E-state index in [0.717, 1.165) is 6.42 Å². The van der Waals surface area contributed by atoms with E-state index in [1.54, 1.807) is 12.7 Å². The number of hydrogen-bond acceptors (Lipinski definition) is 1. The zero-order chi connectivity index (χ0) is 8.20. The van der Waals surface area contributed by atoms with Crippen molar-refractivity contribution < 1.29 is 4.57 Å². The highest BCUT2D eigenvalue weighted by Gasteiger charge is 2.19. The number of rotatable bonds is 3. The third-order valence-electron chi connectivity index (χ3n) is 1.23. The van der Waals surface area contributed by atoms with Crippen molar-refractivity contribution in [2.75, 3.05) is 0 Å². The lowest BCUT2D eigenvalue weighted by Gasteiger charge is -1.96. The highest BCUT2D eigenvalue weighted by Crippen LogP contribution is 2.52. The van der Waals surface area contributed by atoms with Crippen molar-refractivity contribution in [3.05, 3.63) is 30.5 Å². The third kappa shape index (κ3) is 2.93. The highest BCUT2D eigenvalue weighted by atomic mass is 31.2. The summed E-state index contributed by atoms with van der Waals surface area (Å²) in [6.45, 7) is 10.9. The summed E-state index contributed by atoms with van der Waals surface area (Å²) in [5.41, 5.74) is 0. The Morgan fingerprint density at radius 2 is 2.30 bits per heavy atom. The van der Waals surface area contributed by atoms with Crippen LogP contribution in [0.25, 0.3) is 0 Å². The minimum absolute atomic E-state index is 0.664. The van der Waals surface area contributed by atoms with Gasteiger partial charge in [0.15, 0.2) is 0 Å². The summed E-state index contributed by atoms with van der Waals surface area (Å²) in [5.74, 6) is 1.66. The molecule has 0 aliphatic carbocycles. The molecular weight excluding hydrogens is 143 g/mol. The first-order valence-electron chi connectivity index (χ1n) is 3.28. The molecule has 0 rings (SSSR count). The minimum atomic E-state index is -2.41. The summed E-state index contributed by atoms with van der Waals surface area (Å²) < 4.78 is 11.4. The van der Waals surface area contributed by atoms with Gasteiger partial charge in [-0.1, -0.05) is 19.6 Å². The van der Waals surface area contributed by atoms with E-state index in [-0.39, 0.29) is 0 Å². The monoisotopic (exact) mass is 157 g/mol. The molecule has 0 saturated heterocycles. The molecule has 0 aliphatic heterocycles. The van der Waals surface area contributed by atoms with Crippen LogP contribution in [-0.4, -0.2) is 0 Å². The second kappa shape index (κ2) is 3.68. The number of allylic oxidation sites excluding steroid dienone is 2. The normalized spacial score (nSPS) is 17.0. The summed E-state index contributed by atoms with van der Waals surface area (Å²) in [7, 11) is -2.41. The van der Waals surface area contributed by atoms with E-state index in [9.17, 15) is 4.57 Å². The van der Waals surface area contributed by atoms with Crippen LogP contribution in [0, 0.1) is 6.66 Å². The molecule has 1 nitrogen and oxygen atoms in total. The molecule has 0 fully saturated rings. The van der Waals surface area contributed by atoms with Crippen LogP contribution >= 0.6 is 7.14 Å². The first-order valence-corrected chi connectivity index (χ1v) is 5.24. The van der Waals surface area contributed by atoms with Gasteiger partial charge in [-0.2, -0.15) is 0 Å². The van der Waals surface area contributed by atoms with Crippen LogP contribution in [0.5, 0.6) is 0 Å². The molecule has 0 bridgehead atoms. The molecule has 1 unspecified atom stereocenters. The Labute approximate surface area is 63.2 Å². The molecule has 0 amide bonds. The molecular formula is C8H14OP+. The minimum Gasteiger partial charge on any atom is -0.262 e. The lowest BCUT2D eigenvalue weighted by molar-refractivity contribution is 0.589. The van der Waals surface area contributed by atoms with Crippen LogP contribution in [0.3, 0.4) is 0 Å². The Kier molecular flexibility index (Phi) is 3.52. The Hall–Kier alpha value is -0.420. The predicted molar refractivity (Wildman–Crippen MR) is 47.2 cm³/mol. The molecule has 0 radical (unpaired) electrons. The van der Waals surface area contributed by atoms with Gasteiger partial charge in [-0.25, -0.2) is 0 Å². The van der Waals surface area contributed by atoms with E-state index in [1.165, 1.54) is 0 Å². The van der Waals surface area contributed by atoms with Gasteiger partial charge in [0.1, 0.15) is 6.66 Å². The van der Waals surface area contributed by atoms with Gasteiger partial charge in [-0.05, 0) is 13.3 Å². The van der Waals surface area contributed by atoms with Crippen molar-refractivity contribution in [1.82, 2.24) is 0 Å². The van der Waals surface area contributed by atoms with Crippen molar-refractivity contribution in [2.45, 2.75) is 20.3 Å². The smallest absolute Gasteiger partial charge is 0.262 e. The summed E-state index contributed by atoms with van der Waals surface area (Å²) in [6.07, 6.45) is 2.76. The van der Waals surface area contributed by atoms with Crippen molar-refractivity contribution in [3.8, 4) is 0 Å². The Bertz CT molecular complexity index is 191. The van der Waals surface area contributed by atoms with Crippen LogP contribution < -0.4 is 0 Å². The molecule has 0 aromatic rings. The lowest BCUT2D eigenvalue weighted by Crippen LogP contribution is -1.70. The molecule has 0 aromatic heterocycles. The molecule has 10 heavy (non-hydrogen) atoms. The van der Waals surface area contributed by atoms with Crippen molar-refractivity contribution in [1.29, 1.82) is 0 Å². The van der Waals surface area contributed by atoms with Gasteiger partial charge in [0.05, 0.1) is 0 Å². The standard InChI is InChI=1S/C8H14OP/c1-5-6-7-10(4,9)8(2)3/h6-7H,2,4-5H2,1,3H3/q+1/b7-6-. The van der Waals surface area contributed by atoms with E-state index in [0.29, 0.717) is 5.31 Å². The van der Waals surface area contributed by atoms with E-state index < -0.39 is 7.14 Å². The van der Waals surface area contributed by atoms with Gasteiger partial charge in [0.2, 0.25) is 0 Å². The maximum absolute atomic E-state index is 11.4. The summed E-state index contributed by atoms with van der Waals surface area (Å²) in [4.78, 5) is 0. The van der Waals surface area contributed by atoms with Gasteiger partial charge in [0.25, 0.3) is 7.14 Å². The fourth-order valence-electron chi connectivity index (χ4n) is 0.403. The van der Waals surface area contributed by atoms with Crippen molar-refractivity contribution >= 4 is 7.14 Å². The summed E-state index contributed by atoms with van der Waals surface area (Å²) >= 11 is 0. The number of hydrogen-bond donors (Lipinski definition) is 0. The summed E-state index contributed by atoms with van der Waals surface area (Å²) in [6, 6.07) is 0.